The number of hydrogen-bond acceptors (Lipinski definition) is 3. The molecule has 4 rings (SSSR count). The van der Waals surface area contributed by atoms with Gasteiger partial charge in [-0.25, -0.2) is 4.98 Å². The lowest BCUT2D eigenvalue weighted by Gasteiger charge is -2.05. The zero-order chi connectivity index (χ0) is 19.2. The normalized spacial score (nSPS) is 10.4. The second-order valence-electron chi connectivity index (χ2n) is 6.41. The van der Waals surface area contributed by atoms with Gasteiger partial charge in [-0.2, -0.15) is 0 Å². The lowest BCUT2D eigenvalue weighted by molar-refractivity contribution is -0.116. The van der Waals surface area contributed by atoms with Crippen LogP contribution in [0.2, 0.25) is 0 Å². The topological polar surface area (TPSA) is 57.8 Å². The molecule has 0 aliphatic carbocycles. The monoisotopic (exact) mass is 385 g/mol. The van der Waals surface area contributed by atoms with E-state index in [1.807, 2.05) is 66.0 Å². The van der Waals surface area contributed by atoms with Crippen molar-refractivity contribution in [1.29, 1.82) is 0 Å². The van der Waals surface area contributed by atoms with Crippen molar-refractivity contribution in [3.05, 3.63) is 82.3 Å². The van der Waals surface area contributed by atoms with Crippen LogP contribution in [0.3, 0.4) is 0 Å². The number of rotatable bonds is 5. The minimum atomic E-state index is -0.000484. The van der Waals surface area contributed by atoms with Gasteiger partial charge in [-0.1, -0.05) is 36.1 Å². The summed E-state index contributed by atoms with van der Waals surface area (Å²) < 4.78 is 0. The van der Waals surface area contributed by atoms with Crippen LogP contribution in [0, 0.1) is 11.8 Å². The molecule has 0 unspecified atom stereocenters. The highest BCUT2D eigenvalue weighted by molar-refractivity contribution is 7.10. The van der Waals surface area contributed by atoms with Crippen molar-refractivity contribution >= 4 is 34.0 Å². The van der Waals surface area contributed by atoms with Crippen LogP contribution >= 0.6 is 11.3 Å². The fraction of sp³-hybridized carbons (Fsp3) is 0.130. The molecule has 0 aliphatic heterocycles. The van der Waals surface area contributed by atoms with Crippen molar-refractivity contribution in [2.75, 3.05) is 5.32 Å². The highest BCUT2D eigenvalue weighted by Gasteiger charge is 2.06. The second kappa shape index (κ2) is 8.55. The van der Waals surface area contributed by atoms with E-state index in [1.165, 1.54) is 0 Å². The van der Waals surface area contributed by atoms with E-state index in [9.17, 15) is 4.79 Å². The molecule has 0 spiro atoms. The summed E-state index contributed by atoms with van der Waals surface area (Å²) in [6, 6.07) is 19.5. The van der Waals surface area contributed by atoms with Gasteiger partial charge in [-0.3, -0.25) is 4.79 Å². The third-order valence-corrected chi connectivity index (χ3v) is 5.04. The van der Waals surface area contributed by atoms with Crippen LogP contribution < -0.4 is 5.32 Å². The van der Waals surface area contributed by atoms with Gasteiger partial charge in [-0.15, -0.1) is 11.3 Å². The van der Waals surface area contributed by atoms with Crippen LogP contribution in [0.4, 0.5) is 5.69 Å². The molecule has 0 saturated heterocycles. The van der Waals surface area contributed by atoms with Gasteiger partial charge in [0.25, 0.3) is 0 Å². The zero-order valence-corrected chi connectivity index (χ0v) is 16.1. The molecule has 4 nitrogen and oxygen atoms in total. The first-order valence-corrected chi connectivity index (χ1v) is 10.0. The summed E-state index contributed by atoms with van der Waals surface area (Å²) in [6.07, 6.45) is 1.93. The molecule has 0 aliphatic rings. The summed E-state index contributed by atoms with van der Waals surface area (Å²) in [5.41, 5.74) is 3.64. The average Bonchev–Trinajstić information content (AvgIpc) is 3.36. The van der Waals surface area contributed by atoms with Crippen molar-refractivity contribution in [2.45, 2.75) is 19.3 Å². The number of carbonyl (C=O) groups excluding carboxylic acids is 1. The largest absolute Gasteiger partial charge is 0.342 e. The van der Waals surface area contributed by atoms with E-state index in [1.54, 1.807) is 11.3 Å². The molecular weight excluding hydrogens is 366 g/mol. The number of benzene rings is 2. The third kappa shape index (κ3) is 4.67. The van der Waals surface area contributed by atoms with Gasteiger partial charge >= 0.3 is 0 Å². The Balaban J connectivity index is 1.30. The van der Waals surface area contributed by atoms with E-state index in [-0.39, 0.29) is 5.91 Å². The first-order valence-electron chi connectivity index (χ1n) is 9.15. The van der Waals surface area contributed by atoms with E-state index in [0.717, 1.165) is 45.8 Å². The van der Waals surface area contributed by atoms with Crippen LogP contribution in [0.15, 0.2) is 66.0 Å². The van der Waals surface area contributed by atoms with Gasteiger partial charge in [0.05, 0.1) is 15.9 Å². The van der Waals surface area contributed by atoms with Crippen LogP contribution in [-0.2, 0) is 11.2 Å². The van der Waals surface area contributed by atoms with E-state index in [0.29, 0.717) is 6.42 Å². The van der Waals surface area contributed by atoms with E-state index in [4.69, 9.17) is 0 Å². The Morgan fingerprint density at radius 3 is 2.86 bits per heavy atom. The molecule has 138 valence electrons. The van der Waals surface area contributed by atoms with Gasteiger partial charge < -0.3 is 10.3 Å². The second-order valence-corrected chi connectivity index (χ2v) is 7.36. The molecule has 0 radical (unpaired) electrons. The van der Waals surface area contributed by atoms with Gasteiger partial charge in [0.15, 0.2) is 0 Å². The third-order valence-electron chi connectivity index (χ3n) is 4.25. The Morgan fingerprint density at radius 2 is 2.00 bits per heavy atom. The number of aryl methyl sites for hydroxylation is 1. The number of carbonyl (C=O) groups is 1. The number of para-hydroxylation sites is 2. The molecule has 2 N–H and O–H groups in total. The first kappa shape index (κ1) is 18.0. The number of aromatic nitrogens is 2. The van der Waals surface area contributed by atoms with Crippen molar-refractivity contribution in [1.82, 2.24) is 9.97 Å². The molecule has 0 saturated carbocycles. The highest BCUT2D eigenvalue weighted by atomic mass is 32.1. The minimum absolute atomic E-state index is 0.000484. The summed E-state index contributed by atoms with van der Waals surface area (Å²) >= 11 is 1.61. The smallest absolute Gasteiger partial charge is 0.224 e. The molecule has 2 aromatic heterocycles. The van der Waals surface area contributed by atoms with E-state index in [2.05, 4.69) is 27.1 Å². The molecular formula is C23H19N3OS. The quantitative estimate of drug-likeness (QED) is 0.476. The van der Waals surface area contributed by atoms with Crippen LogP contribution in [-0.4, -0.2) is 15.9 Å². The maximum Gasteiger partial charge on any atom is 0.224 e. The number of fused-ring (bicyclic) bond motifs is 1. The maximum absolute atomic E-state index is 12.3. The van der Waals surface area contributed by atoms with Gasteiger partial charge in [0, 0.05) is 24.1 Å². The maximum atomic E-state index is 12.3. The van der Waals surface area contributed by atoms with Gasteiger partial charge in [0.1, 0.15) is 5.82 Å². The van der Waals surface area contributed by atoms with Crippen molar-refractivity contribution in [3.63, 3.8) is 0 Å². The number of hydrogen-bond donors (Lipinski definition) is 2. The predicted octanol–water partition coefficient (Wildman–Crippen LogP) is 4.99. The Morgan fingerprint density at radius 1 is 1.07 bits per heavy atom. The van der Waals surface area contributed by atoms with Gasteiger partial charge in [0.2, 0.25) is 5.91 Å². The summed E-state index contributed by atoms with van der Waals surface area (Å²) in [6.45, 7) is 0. The number of nitrogens with one attached hydrogen (secondary N) is 2. The molecule has 5 heteroatoms. The Bertz CT molecular complexity index is 1120. The molecule has 0 fully saturated rings. The number of imidazole rings is 1. The zero-order valence-electron chi connectivity index (χ0n) is 15.2. The number of anilines is 1. The van der Waals surface area contributed by atoms with Crippen LogP contribution in [0.25, 0.3) is 11.0 Å². The number of amides is 1. The molecule has 4 aromatic rings. The summed E-state index contributed by atoms with van der Waals surface area (Å²) in [4.78, 5) is 21.1. The molecule has 2 aromatic carbocycles. The van der Waals surface area contributed by atoms with E-state index < -0.39 is 0 Å². The van der Waals surface area contributed by atoms with Crippen LogP contribution in [0.5, 0.6) is 0 Å². The number of aromatic amines is 1. The lowest BCUT2D eigenvalue weighted by Crippen LogP contribution is -2.11. The molecule has 2 heterocycles. The predicted molar refractivity (Wildman–Crippen MR) is 114 cm³/mol. The number of thiophene rings is 1. The summed E-state index contributed by atoms with van der Waals surface area (Å²) in [7, 11) is 0. The molecule has 1 amide bonds. The van der Waals surface area contributed by atoms with Crippen molar-refractivity contribution in [2.24, 2.45) is 0 Å². The van der Waals surface area contributed by atoms with Crippen molar-refractivity contribution in [3.8, 4) is 11.8 Å². The Labute approximate surface area is 167 Å². The fourth-order valence-electron chi connectivity index (χ4n) is 2.92. The fourth-order valence-corrected chi connectivity index (χ4v) is 3.49. The standard InChI is InChI=1S/C23H19N3OS/c27-23(12-4-11-22-25-20-9-1-2-10-21(20)26-22)24-18-7-3-6-17(16-18)13-14-19-8-5-15-28-19/h1-3,5-10,15-16H,4,11-12H2,(H,24,27)(H,25,26). The Hall–Kier alpha value is -3.36. The summed E-state index contributed by atoms with van der Waals surface area (Å²) in [5.74, 6) is 7.18. The van der Waals surface area contributed by atoms with Gasteiger partial charge in [-0.05, 0) is 48.2 Å². The minimum Gasteiger partial charge on any atom is -0.342 e. The lowest BCUT2D eigenvalue weighted by atomic mass is 10.2. The molecule has 0 atom stereocenters. The number of nitrogens with zero attached hydrogens (tertiary/aromatic N) is 1. The first-order chi connectivity index (χ1) is 13.8. The number of H-pyrrole nitrogens is 1. The summed E-state index contributed by atoms with van der Waals surface area (Å²) in [5, 5.41) is 4.96. The van der Waals surface area contributed by atoms with Crippen molar-refractivity contribution < 1.29 is 4.79 Å². The Kier molecular flexibility index (Phi) is 5.51. The molecule has 28 heavy (non-hydrogen) atoms. The van der Waals surface area contributed by atoms with Crippen LogP contribution in [0.1, 0.15) is 29.1 Å². The van der Waals surface area contributed by atoms with E-state index >= 15 is 0 Å². The SMILES string of the molecule is O=C(CCCc1nc2ccccc2[nH]1)Nc1cccc(C#Cc2cccs2)c1. The molecule has 0 bridgehead atoms. The highest BCUT2D eigenvalue weighted by Crippen LogP contribution is 2.14. The average molecular weight is 385 g/mol.